The van der Waals surface area contributed by atoms with Gasteiger partial charge in [0.15, 0.2) is 9.84 Å². The molecule has 5 nitrogen and oxygen atoms in total. The maximum Gasteiger partial charge on any atom is 0.257 e. The number of hydrogen-bond acceptors (Lipinski definition) is 4. The van der Waals surface area contributed by atoms with Crippen molar-refractivity contribution in [2.24, 2.45) is 0 Å². The lowest BCUT2D eigenvalue weighted by atomic mass is 10.1. The minimum Gasteiger partial charge on any atom is -0.395 e. The first-order valence-electron chi connectivity index (χ1n) is 6.42. The summed E-state index contributed by atoms with van der Waals surface area (Å²) in [5, 5.41) is 9.10. The largest absolute Gasteiger partial charge is 0.395 e. The second-order valence-corrected chi connectivity index (χ2v) is 7.96. The summed E-state index contributed by atoms with van der Waals surface area (Å²) in [6.45, 7) is -0.330. The highest BCUT2D eigenvalue weighted by atomic mass is 79.9. The Morgan fingerprint density at radius 3 is 2.76 bits per heavy atom. The van der Waals surface area contributed by atoms with Gasteiger partial charge in [-0.1, -0.05) is 6.07 Å². The number of carbonyl (C=O) groups excluding carboxylic acids is 1. The molecule has 0 saturated carbocycles. The molecular weight excluding hydrogens is 365 g/mol. The van der Waals surface area contributed by atoms with Crippen LogP contribution in [0.5, 0.6) is 0 Å². The minimum absolute atomic E-state index is 0.00778. The number of rotatable bonds is 4. The van der Waals surface area contributed by atoms with Crippen LogP contribution in [0.1, 0.15) is 16.8 Å². The summed E-state index contributed by atoms with van der Waals surface area (Å²) in [5.74, 6) is -1.43. The van der Waals surface area contributed by atoms with E-state index in [2.05, 4.69) is 15.9 Å². The normalized spacial score (nSPS) is 20.4. The van der Waals surface area contributed by atoms with Gasteiger partial charge in [-0.05, 0) is 34.5 Å². The third-order valence-corrected chi connectivity index (χ3v) is 5.80. The zero-order chi connectivity index (χ0) is 15.6. The molecule has 1 atom stereocenters. The van der Waals surface area contributed by atoms with Crippen molar-refractivity contribution < 1.29 is 22.7 Å². The molecule has 0 aromatic heterocycles. The lowest BCUT2D eigenvalue weighted by Gasteiger charge is -2.27. The number of halogens is 2. The van der Waals surface area contributed by atoms with Crippen molar-refractivity contribution in [3.63, 3.8) is 0 Å². The van der Waals surface area contributed by atoms with Gasteiger partial charge in [0.1, 0.15) is 5.82 Å². The summed E-state index contributed by atoms with van der Waals surface area (Å²) < 4.78 is 37.3. The molecule has 1 aromatic rings. The van der Waals surface area contributed by atoms with Crippen LogP contribution in [0.2, 0.25) is 0 Å². The fraction of sp³-hybridized carbons (Fsp3) is 0.462. The molecule has 21 heavy (non-hydrogen) atoms. The molecule has 1 aliphatic rings. The topological polar surface area (TPSA) is 74.7 Å². The van der Waals surface area contributed by atoms with Gasteiger partial charge in [-0.3, -0.25) is 4.79 Å². The van der Waals surface area contributed by atoms with E-state index in [0.717, 1.165) is 0 Å². The van der Waals surface area contributed by atoms with Crippen LogP contribution in [0, 0.1) is 5.82 Å². The Bertz CT molecular complexity index is 650. The number of benzene rings is 1. The zero-order valence-electron chi connectivity index (χ0n) is 11.1. The molecule has 1 heterocycles. The number of aliphatic hydroxyl groups excluding tert-OH is 1. The summed E-state index contributed by atoms with van der Waals surface area (Å²) in [6.07, 6.45) is 0.309. The lowest BCUT2D eigenvalue weighted by Crippen LogP contribution is -2.43. The Morgan fingerprint density at radius 2 is 2.19 bits per heavy atom. The van der Waals surface area contributed by atoms with E-state index in [9.17, 15) is 17.6 Å². The van der Waals surface area contributed by atoms with Crippen LogP contribution in [-0.2, 0) is 9.84 Å². The third kappa shape index (κ3) is 3.61. The number of sulfone groups is 1. The van der Waals surface area contributed by atoms with Crippen LogP contribution in [0.3, 0.4) is 0 Å². The first-order valence-corrected chi connectivity index (χ1v) is 9.03. The van der Waals surface area contributed by atoms with E-state index in [1.54, 1.807) is 0 Å². The van der Waals surface area contributed by atoms with Gasteiger partial charge in [-0.15, -0.1) is 0 Å². The molecule has 1 aromatic carbocycles. The SMILES string of the molecule is O=C(c1cccc(Br)c1F)N(CCO)C1CCS(=O)(=O)C1. The van der Waals surface area contributed by atoms with Crippen LogP contribution in [-0.4, -0.2) is 55.0 Å². The van der Waals surface area contributed by atoms with Crippen molar-refractivity contribution in [1.29, 1.82) is 0 Å². The van der Waals surface area contributed by atoms with Crippen molar-refractivity contribution in [3.8, 4) is 0 Å². The number of aliphatic hydroxyl groups is 1. The van der Waals surface area contributed by atoms with E-state index >= 15 is 0 Å². The van der Waals surface area contributed by atoms with Crippen molar-refractivity contribution in [1.82, 2.24) is 4.90 Å². The summed E-state index contributed by atoms with van der Waals surface area (Å²) in [5.41, 5.74) is -0.137. The van der Waals surface area contributed by atoms with Gasteiger partial charge in [-0.25, -0.2) is 12.8 Å². The van der Waals surface area contributed by atoms with Crippen molar-refractivity contribution in [2.45, 2.75) is 12.5 Å². The van der Waals surface area contributed by atoms with E-state index in [-0.39, 0.29) is 34.7 Å². The lowest BCUT2D eigenvalue weighted by molar-refractivity contribution is 0.0650. The minimum atomic E-state index is -3.17. The van der Waals surface area contributed by atoms with Crippen molar-refractivity contribution in [2.75, 3.05) is 24.7 Å². The number of amides is 1. The summed E-state index contributed by atoms with van der Waals surface area (Å²) in [7, 11) is -3.17. The molecule has 1 unspecified atom stereocenters. The number of hydrogen-bond donors (Lipinski definition) is 1. The van der Waals surface area contributed by atoms with Crippen LogP contribution < -0.4 is 0 Å². The summed E-state index contributed by atoms with van der Waals surface area (Å²) in [6, 6.07) is 3.83. The molecule has 8 heteroatoms. The molecule has 0 spiro atoms. The highest BCUT2D eigenvalue weighted by Crippen LogP contribution is 2.23. The highest BCUT2D eigenvalue weighted by molar-refractivity contribution is 9.10. The molecule has 0 radical (unpaired) electrons. The standard InChI is InChI=1S/C13H15BrFNO4S/c14-11-3-1-2-10(12(11)15)13(18)16(5-6-17)9-4-7-21(19,20)8-9/h1-3,9,17H,4-8H2. The second-order valence-electron chi connectivity index (χ2n) is 4.88. The maximum absolute atomic E-state index is 14.0. The van der Waals surface area contributed by atoms with E-state index in [1.165, 1.54) is 23.1 Å². The average molecular weight is 380 g/mol. The van der Waals surface area contributed by atoms with Gasteiger partial charge in [0.2, 0.25) is 0 Å². The Labute approximate surface area is 130 Å². The maximum atomic E-state index is 14.0. The smallest absolute Gasteiger partial charge is 0.257 e. The van der Waals surface area contributed by atoms with Gasteiger partial charge >= 0.3 is 0 Å². The highest BCUT2D eigenvalue weighted by Gasteiger charge is 2.35. The molecule has 1 aliphatic heterocycles. The van der Waals surface area contributed by atoms with Crippen molar-refractivity contribution >= 4 is 31.7 Å². The van der Waals surface area contributed by atoms with Crippen LogP contribution in [0.15, 0.2) is 22.7 Å². The van der Waals surface area contributed by atoms with Crippen LogP contribution in [0.4, 0.5) is 4.39 Å². The first-order chi connectivity index (χ1) is 9.85. The Kier molecular flexibility index (Phi) is 5.00. The van der Waals surface area contributed by atoms with E-state index in [1.807, 2.05) is 0 Å². The van der Waals surface area contributed by atoms with Crippen LogP contribution >= 0.6 is 15.9 Å². The predicted octanol–water partition coefficient (Wildman–Crippen LogP) is 1.21. The average Bonchev–Trinajstić information content (AvgIpc) is 2.78. The quantitative estimate of drug-likeness (QED) is 0.852. The fourth-order valence-corrected chi connectivity index (χ4v) is 4.50. The summed E-state index contributed by atoms with van der Waals surface area (Å²) >= 11 is 3.01. The van der Waals surface area contributed by atoms with Gasteiger partial charge in [0, 0.05) is 12.6 Å². The fourth-order valence-electron chi connectivity index (χ4n) is 2.40. The molecule has 1 fully saturated rings. The number of nitrogens with zero attached hydrogens (tertiary/aromatic N) is 1. The predicted molar refractivity (Wildman–Crippen MR) is 79.3 cm³/mol. The molecular formula is C13H15BrFNO4S. The van der Waals surface area contributed by atoms with Crippen LogP contribution in [0.25, 0.3) is 0 Å². The Balaban J connectivity index is 2.30. The Morgan fingerprint density at radius 1 is 1.48 bits per heavy atom. The van der Waals surface area contributed by atoms with Gasteiger partial charge < -0.3 is 10.0 Å². The molecule has 1 N–H and O–H groups in total. The molecule has 116 valence electrons. The van der Waals surface area contributed by atoms with Crippen molar-refractivity contribution in [3.05, 3.63) is 34.1 Å². The zero-order valence-corrected chi connectivity index (χ0v) is 13.5. The molecule has 0 bridgehead atoms. The molecule has 0 aliphatic carbocycles. The van der Waals surface area contributed by atoms with Gasteiger partial charge in [0.25, 0.3) is 5.91 Å². The van der Waals surface area contributed by atoms with E-state index in [4.69, 9.17) is 5.11 Å². The van der Waals surface area contributed by atoms with Gasteiger partial charge in [0.05, 0.1) is 28.1 Å². The first kappa shape index (κ1) is 16.4. The van der Waals surface area contributed by atoms with E-state index < -0.39 is 27.6 Å². The second kappa shape index (κ2) is 6.41. The molecule has 1 amide bonds. The van der Waals surface area contributed by atoms with Gasteiger partial charge in [-0.2, -0.15) is 0 Å². The molecule has 1 saturated heterocycles. The Hall–Kier alpha value is -0.990. The number of carbonyl (C=O) groups is 1. The third-order valence-electron chi connectivity index (χ3n) is 3.43. The molecule has 2 rings (SSSR count). The van der Waals surface area contributed by atoms with E-state index in [0.29, 0.717) is 6.42 Å². The monoisotopic (exact) mass is 379 g/mol. The summed E-state index contributed by atoms with van der Waals surface area (Å²) in [4.78, 5) is 13.7.